The number of carboxylic acid groups (broad SMARTS) is 1. The van der Waals surface area contributed by atoms with Gasteiger partial charge in [-0.2, -0.15) is 0 Å². The zero-order chi connectivity index (χ0) is 15.7. The average molecular weight is 294 g/mol. The number of nitrogens with zero attached hydrogens (tertiary/aromatic N) is 2. The topological polar surface area (TPSA) is 138 Å². The molecule has 21 heavy (non-hydrogen) atoms. The number of rotatable bonds is 5. The van der Waals surface area contributed by atoms with Crippen molar-refractivity contribution in [3.63, 3.8) is 0 Å². The summed E-state index contributed by atoms with van der Waals surface area (Å²) in [6, 6.07) is 3.25. The van der Waals surface area contributed by atoms with E-state index < -0.39 is 41.8 Å². The lowest BCUT2D eigenvalue weighted by Gasteiger charge is -2.16. The van der Waals surface area contributed by atoms with Crippen molar-refractivity contribution in [2.75, 3.05) is 6.54 Å². The molecule has 0 saturated heterocycles. The Morgan fingerprint density at radius 2 is 1.90 bits per heavy atom. The summed E-state index contributed by atoms with van der Waals surface area (Å²) in [5, 5.41) is 28.7. The molecule has 0 fully saturated rings. The Hall–Kier alpha value is -2.81. The zero-order valence-corrected chi connectivity index (χ0v) is 10.6. The van der Waals surface area contributed by atoms with Crippen molar-refractivity contribution in [2.45, 2.75) is 12.5 Å². The highest BCUT2D eigenvalue weighted by atomic mass is 16.6. The number of nitro benzene ring substituents is 1. The number of hydrogen-bond donors (Lipinski definition) is 2. The fourth-order valence-corrected chi connectivity index (χ4v) is 2.03. The van der Waals surface area contributed by atoms with E-state index in [-0.39, 0.29) is 16.8 Å². The molecule has 1 atom stereocenters. The van der Waals surface area contributed by atoms with Gasteiger partial charge in [0.25, 0.3) is 17.5 Å². The first-order valence-corrected chi connectivity index (χ1v) is 5.85. The minimum Gasteiger partial charge on any atom is -0.481 e. The number of benzene rings is 1. The minimum atomic E-state index is -1.40. The number of carbonyl (C=O) groups is 3. The Balaban J connectivity index is 2.25. The summed E-state index contributed by atoms with van der Waals surface area (Å²) in [5.41, 5.74) is -0.465. The molecule has 0 saturated carbocycles. The molecule has 110 valence electrons. The summed E-state index contributed by atoms with van der Waals surface area (Å²) in [4.78, 5) is 45.1. The number of non-ortho nitro benzene ring substituents is 1. The van der Waals surface area contributed by atoms with Crippen LogP contribution in [0.25, 0.3) is 0 Å². The van der Waals surface area contributed by atoms with Gasteiger partial charge < -0.3 is 10.2 Å². The van der Waals surface area contributed by atoms with E-state index in [4.69, 9.17) is 5.11 Å². The van der Waals surface area contributed by atoms with Gasteiger partial charge in [-0.3, -0.25) is 29.4 Å². The van der Waals surface area contributed by atoms with Crippen LogP contribution in [0, 0.1) is 10.1 Å². The fourth-order valence-electron chi connectivity index (χ4n) is 2.03. The minimum absolute atomic E-state index is 0.00637. The fraction of sp³-hybridized carbons (Fsp3) is 0.250. The number of amides is 2. The molecular weight excluding hydrogens is 284 g/mol. The Labute approximate surface area is 117 Å². The molecule has 0 bridgehead atoms. The summed E-state index contributed by atoms with van der Waals surface area (Å²) >= 11 is 0. The normalized spacial score (nSPS) is 15.0. The number of carbonyl (C=O) groups excluding carboxylic acids is 2. The maximum absolute atomic E-state index is 12.0. The third-order valence-electron chi connectivity index (χ3n) is 2.97. The molecule has 1 aliphatic heterocycles. The van der Waals surface area contributed by atoms with E-state index in [2.05, 4.69) is 0 Å². The van der Waals surface area contributed by atoms with Crippen molar-refractivity contribution in [3.05, 3.63) is 39.4 Å². The molecule has 2 amide bonds. The van der Waals surface area contributed by atoms with Crippen LogP contribution in [0.3, 0.4) is 0 Å². The van der Waals surface area contributed by atoms with E-state index in [1.54, 1.807) is 0 Å². The number of hydrogen-bond acceptors (Lipinski definition) is 6. The van der Waals surface area contributed by atoms with Crippen LogP contribution in [-0.2, 0) is 4.79 Å². The molecule has 0 aliphatic carbocycles. The Morgan fingerprint density at radius 1 is 1.29 bits per heavy atom. The molecule has 9 heteroatoms. The largest absolute Gasteiger partial charge is 0.481 e. The van der Waals surface area contributed by atoms with E-state index in [0.717, 1.165) is 18.2 Å². The third-order valence-corrected chi connectivity index (χ3v) is 2.97. The van der Waals surface area contributed by atoms with Crippen molar-refractivity contribution in [2.24, 2.45) is 0 Å². The number of aliphatic hydroxyl groups excluding tert-OH is 1. The number of fused-ring (bicyclic) bond motifs is 1. The SMILES string of the molecule is O=C(O)CC(O)CN1C(=O)c2ccc([N+](=O)[O-])cc2C1=O. The highest BCUT2D eigenvalue weighted by Gasteiger charge is 2.37. The smallest absolute Gasteiger partial charge is 0.306 e. The van der Waals surface area contributed by atoms with Crippen LogP contribution in [0.5, 0.6) is 0 Å². The number of aliphatic carboxylic acids is 1. The van der Waals surface area contributed by atoms with E-state index in [1.807, 2.05) is 0 Å². The summed E-state index contributed by atoms with van der Waals surface area (Å²) in [5.74, 6) is -2.77. The molecule has 1 aromatic rings. The number of nitro groups is 1. The zero-order valence-electron chi connectivity index (χ0n) is 10.6. The predicted molar refractivity (Wildman–Crippen MR) is 66.7 cm³/mol. The van der Waals surface area contributed by atoms with Crippen molar-refractivity contribution in [3.8, 4) is 0 Å². The summed E-state index contributed by atoms with van der Waals surface area (Å²) in [7, 11) is 0. The number of β-amino-alcohol motifs (C(OH)–C–C–N with tert-alkyl or cyclic N) is 1. The monoisotopic (exact) mass is 294 g/mol. The Bertz CT molecular complexity index is 655. The predicted octanol–water partition coefficient (Wildman–Crippen LogP) is 0.0264. The van der Waals surface area contributed by atoms with Crippen molar-refractivity contribution >= 4 is 23.5 Å². The summed E-state index contributed by atoms with van der Waals surface area (Å²) < 4.78 is 0. The number of carboxylic acids is 1. The van der Waals surface area contributed by atoms with Crippen LogP contribution in [-0.4, -0.2) is 50.5 Å². The average Bonchev–Trinajstić information content (AvgIpc) is 2.62. The Kier molecular flexibility index (Phi) is 3.68. The second kappa shape index (κ2) is 5.29. The molecule has 1 aromatic carbocycles. The van der Waals surface area contributed by atoms with Crippen molar-refractivity contribution in [1.29, 1.82) is 0 Å². The van der Waals surface area contributed by atoms with E-state index in [0.29, 0.717) is 4.90 Å². The molecule has 0 aromatic heterocycles. The van der Waals surface area contributed by atoms with Gasteiger partial charge in [0.05, 0.1) is 35.1 Å². The first-order valence-electron chi connectivity index (χ1n) is 5.85. The highest BCUT2D eigenvalue weighted by molar-refractivity contribution is 6.21. The van der Waals surface area contributed by atoms with Crippen LogP contribution in [0.1, 0.15) is 27.1 Å². The summed E-state index contributed by atoms with van der Waals surface area (Å²) in [6.07, 6.45) is -2.02. The van der Waals surface area contributed by atoms with E-state index >= 15 is 0 Å². The van der Waals surface area contributed by atoms with Crippen molar-refractivity contribution < 1.29 is 29.5 Å². The van der Waals surface area contributed by atoms with Gasteiger partial charge in [0.2, 0.25) is 0 Å². The van der Waals surface area contributed by atoms with Gasteiger partial charge in [-0.05, 0) is 6.07 Å². The Morgan fingerprint density at radius 3 is 2.48 bits per heavy atom. The lowest BCUT2D eigenvalue weighted by atomic mass is 10.1. The second-order valence-corrected chi connectivity index (χ2v) is 4.46. The van der Waals surface area contributed by atoms with Gasteiger partial charge in [-0.15, -0.1) is 0 Å². The summed E-state index contributed by atoms with van der Waals surface area (Å²) in [6.45, 7) is -0.480. The molecule has 0 spiro atoms. The van der Waals surface area contributed by atoms with Gasteiger partial charge in [0, 0.05) is 12.1 Å². The van der Waals surface area contributed by atoms with E-state index in [9.17, 15) is 29.6 Å². The van der Waals surface area contributed by atoms with Gasteiger partial charge in [0.1, 0.15) is 0 Å². The van der Waals surface area contributed by atoms with Crippen molar-refractivity contribution in [1.82, 2.24) is 4.90 Å². The van der Waals surface area contributed by atoms with Gasteiger partial charge in [-0.25, -0.2) is 0 Å². The quantitative estimate of drug-likeness (QED) is 0.443. The lowest BCUT2D eigenvalue weighted by Crippen LogP contribution is -2.37. The van der Waals surface area contributed by atoms with Gasteiger partial charge in [0.15, 0.2) is 0 Å². The molecule has 2 N–H and O–H groups in total. The van der Waals surface area contributed by atoms with Crippen LogP contribution >= 0.6 is 0 Å². The first-order chi connectivity index (χ1) is 9.81. The van der Waals surface area contributed by atoms with Gasteiger partial charge >= 0.3 is 5.97 Å². The van der Waals surface area contributed by atoms with Crippen LogP contribution in [0.4, 0.5) is 5.69 Å². The maximum Gasteiger partial charge on any atom is 0.306 e. The molecule has 1 heterocycles. The standard InChI is InChI=1S/C12H10N2O7/c15-7(4-10(16)17)5-13-11(18)8-2-1-6(14(20)21)3-9(8)12(13)19/h1-3,7,15H,4-5H2,(H,16,17). The van der Waals surface area contributed by atoms with Gasteiger partial charge in [-0.1, -0.05) is 0 Å². The molecule has 1 aliphatic rings. The second-order valence-electron chi connectivity index (χ2n) is 4.46. The number of imide groups is 1. The highest BCUT2D eigenvalue weighted by Crippen LogP contribution is 2.27. The molecule has 9 nitrogen and oxygen atoms in total. The molecular formula is C12H10N2O7. The van der Waals surface area contributed by atoms with Crippen LogP contribution < -0.4 is 0 Å². The maximum atomic E-state index is 12.0. The molecule has 2 rings (SSSR count). The molecule has 0 radical (unpaired) electrons. The van der Waals surface area contributed by atoms with Crippen LogP contribution in [0.2, 0.25) is 0 Å². The molecule has 1 unspecified atom stereocenters. The third kappa shape index (κ3) is 2.72. The first kappa shape index (κ1) is 14.6. The lowest BCUT2D eigenvalue weighted by molar-refractivity contribution is -0.384. The van der Waals surface area contributed by atoms with E-state index in [1.165, 1.54) is 0 Å². The van der Waals surface area contributed by atoms with Crippen LogP contribution in [0.15, 0.2) is 18.2 Å². The number of aliphatic hydroxyl groups is 1.